The number of aromatic nitrogens is 1. The summed E-state index contributed by atoms with van der Waals surface area (Å²) in [4.78, 5) is 15.4. The molecule has 2 rings (SSSR count). The number of thiazole rings is 1. The molecule has 2 nitrogen and oxygen atoms in total. The van der Waals surface area contributed by atoms with Gasteiger partial charge in [0.1, 0.15) is 0 Å². The van der Waals surface area contributed by atoms with Crippen molar-refractivity contribution in [2.75, 3.05) is 0 Å². The molecule has 1 aliphatic rings. The molecule has 1 aromatic rings. The number of H-pyrrole nitrogens is 1. The molecule has 0 unspecified atom stereocenters. The summed E-state index contributed by atoms with van der Waals surface area (Å²) in [7, 11) is 0. The molecule has 0 amide bonds. The highest BCUT2D eigenvalue weighted by molar-refractivity contribution is 7.09. The van der Waals surface area contributed by atoms with Crippen molar-refractivity contribution < 1.29 is 0 Å². The van der Waals surface area contributed by atoms with Gasteiger partial charge in [-0.1, -0.05) is 31.1 Å². The maximum Gasteiger partial charge on any atom is 0.304 e. The molecule has 1 aliphatic carbocycles. The fourth-order valence-electron chi connectivity index (χ4n) is 2.13. The van der Waals surface area contributed by atoms with E-state index in [-0.39, 0.29) is 4.87 Å². The highest BCUT2D eigenvalue weighted by Gasteiger charge is 2.20. The third-order valence-corrected chi connectivity index (χ3v) is 3.73. The molecule has 0 saturated carbocycles. The van der Waals surface area contributed by atoms with Crippen molar-refractivity contribution in [3.8, 4) is 0 Å². The van der Waals surface area contributed by atoms with Gasteiger partial charge in [-0.05, 0) is 25.2 Å². The SMILES string of the molecule is CCC[C@H]1CCc2[nH]c(=O)sc2C1. The first-order valence-electron chi connectivity index (χ1n) is 5.00. The quantitative estimate of drug-likeness (QED) is 0.775. The van der Waals surface area contributed by atoms with Gasteiger partial charge < -0.3 is 4.98 Å². The lowest BCUT2D eigenvalue weighted by Crippen LogP contribution is -2.12. The summed E-state index contributed by atoms with van der Waals surface area (Å²) < 4.78 is 0. The van der Waals surface area contributed by atoms with E-state index in [0.29, 0.717) is 0 Å². The number of aryl methyl sites for hydroxylation is 1. The van der Waals surface area contributed by atoms with Crippen LogP contribution in [0.25, 0.3) is 0 Å². The molecule has 0 aromatic carbocycles. The van der Waals surface area contributed by atoms with Gasteiger partial charge in [-0.25, -0.2) is 0 Å². The monoisotopic (exact) mass is 197 g/mol. The van der Waals surface area contributed by atoms with Gasteiger partial charge in [-0.3, -0.25) is 4.79 Å². The fourth-order valence-corrected chi connectivity index (χ4v) is 3.12. The maximum atomic E-state index is 11.1. The van der Waals surface area contributed by atoms with E-state index in [1.807, 2.05) is 0 Å². The molecule has 3 heteroatoms. The molecule has 1 atom stereocenters. The Balaban J connectivity index is 2.14. The van der Waals surface area contributed by atoms with E-state index >= 15 is 0 Å². The van der Waals surface area contributed by atoms with Crippen LogP contribution < -0.4 is 4.87 Å². The number of fused-ring (bicyclic) bond motifs is 1. The van der Waals surface area contributed by atoms with Crippen molar-refractivity contribution in [2.45, 2.75) is 39.0 Å². The van der Waals surface area contributed by atoms with E-state index in [2.05, 4.69) is 11.9 Å². The molecule has 0 aliphatic heterocycles. The highest BCUT2D eigenvalue weighted by Crippen LogP contribution is 2.28. The molecule has 1 heterocycles. The fraction of sp³-hybridized carbons (Fsp3) is 0.700. The number of nitrogens with one attached hydrogen (secondary N) is 1. The number of aromatic amines is 1. The van der Waals surface area contributed by atoms with Crippen LogP contribution in [0.1, 0.15) is 36.8 Å². The van der Waals surface area contributed by atoms with Gasteiger partial charge in [0.05, 0.1) is 0 Å². The van der Waals surface area contributed by atoms with E-state index in [1.54, 1.807) is 0 Å². The number of hydrogen-bond donors (Lipinski definition) is 1. The molecule has 1 N–H and O–H groups in total. The molecule has 0 saturated heterocycles. The molecular weight excluding hydrogens is 182 g/mol. The Hall–Kier alpha value is -0.570. The van der Waals surface area contributed by atoms with Gasteiger partial charge >= 0.3 is 4.87 Å². The van der Waals surface area contributed by atoms with Crippen molar-refractivity contribution in [1.82, 2.24) is 4.98 Å². The predicted molar refractivity (Wildman–Crippen MR) is 55.4 cm³/mol. The lowest BCUT2D eigenvalue weighted by molar-refractivity contribution is 0.423. The summed E-state index contributed by atoms with van der Waals surface area (Å²) in [5.41, 5.74) is 1.21. The lowest BCUT2D eigenvalue weighted by Gasteiger charge is -2.20. The summed E-state index contributed by atoms with van der Waals surface area (Å²) in [6.45, 7) is 2.23. The zero-order valence-corrected chi connectivity index (χ0v) is 8.75. The second kappa shape index (κ2) is 3.66. The Morgan fingerprint density at radius 2 is 2.46 bits per heavy atom. The summed E-state index contributed by atoms with van der Waals surface area (Å²) in [5.74, 6) is 0.823. The molecule has 0 spiro atoms. The second-order valence-electron chi connectivity index (χ2n) is 3.81. The van der Waals surface area contributed by atoms with Crippen molar-refractivity contribution in [3.63, 3.8) is 0 Å². The van der Waals surface area contributed by atoms with Crippen molar-refractivity contribution in [3.05, 3.63) is 20.2 Å². The maximum absolute atomic E-state index is 11.1. The normalized spacial score (nSPS) is 21.5. The van der Waals surface area contributed by atoms with E-state index in [0.717, 1.165) is 18.8 Å². The van der Waals surface area contributed by atoms with Crippen LogP contribution in [-0.2, 0) is 12.8 Å². The summed E-state index contributed by atoms with van der Waals surface area (Å²) in [6, 6.07) is 0. The van der Waals surface area contributed by atoms with Crippen LogP contribution in [0.2, 0.25) is 0 Å². The van der Waals surface area contributed by atoms with Crippen LogP contribution in [0, 0.1) is 5.92 Å². The summed E-state index contributed by atoms with van der Waals surface area (Å²) in [5, 5.41) is 0. The molecular formula is C10H15NOS. The first-order chi connectivity index (χ1) is 6.29. The third kappa shape index (κ3) is 1.85. The van der Waals surface area contributed by atoms with Crippen molar-refractivity contribution in [2.24, 2.45) is 5.92 Å². The van der Waals surface area contributed by atoms with Crippen LogP contribution in [0.3, 0.4) is 0 Å². The minimum absolute atomic E-state index is 0.127. The number of rotatable bonds is 2. The van der Waals surface area contributed by atoms with Gasteiger partial charge in [0, 0.05) is 10.6 Å². The molecule has 0 bridgehead atoms. The molecule has 1 aromatic heterocycles. The summed E-state index contributed by atoms with van der Waals surface area (Å²) in [6.07, 6.45) is 6.05. The van der Waals surface area contributed by atoms with Crippen molar-refractivity contribution in [1.29, 1.82) is 0 Å². The highest BCUT2D eigenvalue weighted by atomic mass is 32.1. The van der Waals surface area contributed by atoms with Crippen LogP contribution in [0.4, 0.5) is 0 Å². The molecule has 0 radical (unpaired) electrons. The van der Waals surface area contributed by atoms with Crippen LogP contribution in [0.5, 0.6) is 0 Å². The van der Waals surface area contributed by atoms with E-state index in [9.17, 15) is 4.79 Å². The standard InChI is InChI=1S/C10H15NOS/c1-2-3-7-4-5-8-9(6-7)13-10(12)11-8/h7H,2-6H2,1H3,(H,11,12)/t7-/m0/s1. The number of hydrogen-bond acceptors (Lipinski definition) is 2. The van der Waals surface area contributed by atoms with Gasteiger partial charge in [0.15, 0.2) is 0 Å². The minimum atomic E-state index is 0.127. The first kappa shape index (κ1) is 9.00. The van der Waals surface area contributed by atoms with Gasteiger partial charge in [-0.15, -0.1) is 0 Å². The van der Waals surface area contributed by atoms with Crippen molar-refractivity contribution >= 4 is 11.3 Å². The van der Waals surface area contributed by atoms with E-state index < -0.39 is 0 Å². The van der Waals surface area contributed by atoms with Gasteiger partial charge in [0.2, 0.25) is 0 Å². The predicted octanol–water partition coefficient (Wildman–Crippen LogP) is 2.34. The Kier molecular flexibility index (Phi) is 2.54. The summed E-state index contributed by atoms with van der Waals surface area (Å²) >= 11 is 1.41. The zero-order valence-electron chi connectivity index (χ0n) is 7.93. The van der Waals surface area contributed by atoms with Crippen LogP contribution in [-0.4, -0.2) is 4.98 Å². The Labute approximate surface area is 82.0 Å². The Bertz CT molecular complexity index is 339. The van der Waals surface area contributed by atoms with Gasteiger partial charge in [0.25, 0.3) is 0 Å². The third-order valence-electron chi connectivity index (χ3n) is 2.78. The topological polar surface area (TPSA) is 32.9 Å². The lowest BCUT2D eigenvalue weighted by atomic mass is 9.88. The Morgan fingerprint density at radius 1 is 1.62 bits per heavy atom. The van der Waals surface area contributed by atoms with Gasteiger partial charge in [-0.2, -0.15) is 0 Å². The first-order valence-corrected chi connectivity index (χ1v) is 5.82. The van der Waals surface area contributed by atoms with E-state index in [1.165, 1.54) is 41.2 Å². The smallest absolute Gasteiger partial charge is 0.304 e. The Morgan fingerprint density at radius 3 is 3.23 bits per heavy atom. The van der Waals surface area contributed by atoms with Crippen LogP contribution >= 0.6 is 11.3 Å². The minimum Gasteiger partial charge on any atom is -0.316 e. The van der Waals surface area contributed by atoms with E-state index in [4.69, 9.17) is 0 Å². The second-order valence-corrected chi connectivity index (χ2v) is 4.88. The molecule has 13 heavy (non-hydrogen) atoms. The zero-order chi connectivity index (χ0) is 9.26. The average molecular weight is 197 g/mol. The largest absolute Gasteiger partial charge is 0.316 e. The van der Waals surface area contributed by atoms with Crippen LogP contribution in [0.15, 0.2) is 4.79 Å². The average Bonchev–Trinajstić information content (AvgIpc) is 2.44. The molecule has 72 valence electrons. The molecule has 0 fully saturated rings.